The van der Waals surface area contributed by atoms with E-state index in [1.165, 1.54) is 20.2 Å². The van der Waals surface area contributed by atoms with Gasteiger partial charge in [-0.25, -0.2) is 0 Å². The van der Waals surface area contributed by atoms with Crippen molar-refractivity contribution in [3.05, 3.63) is 72.1 Å². The molecule has 0 radical (unpaired) electrons. The Morgan fingerprint density at radius 3 is 1.62 bits per heavy atom. The number of fused-ring (bicyclic) bond motifs is 4. The minimum atomic E-state index is 0.991. The number of benzene rings is 2. The largest absolute Gasteiger partial charge is 0.254 e. The Kier molecular flexibility index (Phi) is 2.98. The van der Waals surface area contributed by atoms with Crippen molar-refractivity contribution in [1.29, 1.82) is 0 Å². The Bertz CT molecular complexity index is 866. The second kappa shape index (κ2) is 5.11. The highest BCUT2D eigenvalue weighted by atomic mass is 32.1. The van der Waals surface area contributed by atoms with Crippen LogP contribution in [0.1, 0.15) is 0 Å². The maximum atomic E-state index is 4.02. The van der Waals surface area contributed by atoms with Crippen LogP contribution in [0.2, 0.25) is 0 Å². The van der Waals surface area contributed by atoms with E-state index in [4.69, 9.17) is 0 Å². The molecule has 21 heavy (non-hydrogen) atoms. The van der Waals surface area contributed by atoms with Gasteiger partial charge in [0.25, 0.3) is 0 Å². The molecule has 0 bridgehead atoms. The predicted octanol–water partition coefficient (Wildman–Crippen LogP) is 4.98. The topological polar surface area (TPSA) is 24.7 Å². The number of rotatable bonds is 0. The molecule has 0 spiro atoms. The summed E-state index contributed by atoms with van der Waals surface area (Å²) in [5.41, 5.74) is 1.98. The van der Waals surface area contributed by atoms with E-state index in [1.807, 2.05) is 23.5 Å². The summed E-state index contributed by atoms with van der Waals surface area (Å²) in [6.07, 6.45) is 7.32. The van der Waals surface area contributed by atoms with E-state index in [0.717, 1.165) is 11.4 Å². The van der Waals surface area contributed by atoms with Crippen LogP contribution in [-0.4, -0.2) is 12.4 Å². The highest BCUT2D eigenvalue weighted by molar-refractivity contribution is 7.25. The fourth-order valence-electron chi connectivity index (χ4n) is 2.44. The molecule has 5 rings (SSSR count). The van der Waals surface area contributed by atoms with Gasteiger partial charge < -0.3 is 0 Å². The number of aliphatic imine (C=N–C) groups is 2. The molecular weight excluding hydrogens is 276 g/mol. The summed E-state index contributed by atoms with van der Waals surface area (Å²) in [4.78, 5) is 8.03. The third-order valence-corrected chi connectivity index (χ3v) is 4.59. The Hall–Kier alpha value is -2.52. The van der Waals surface area contributed by atoms with Crippen LogP contribution in [0.4, 0.5) is 0 Å². The van der Waals surface area contributed by atoms with Gasteiger partial charge in [0.1, 0.15) is 0 Å². The zero-order valence-electron chi connectivity index (χ0n) is 11.2. The second-order valence-electron chi connectivity index (χ2n) is 4.75. The molecule has 3 heteroatoms. The smallest absolute Gasteiger partial charge is 0.0901 e. The third-order valence-electron chi connectivity index (χ3n) is 3.44. The summed E-state index contributed by atoms with van der Waals surface area (Å²) in [6, 6.07) is 17.1. The lowest BCUT2D eigenvalue weighted by atomic mass is 10.2. The molecule has 1 aromatic heterocycles. The first-order valence-electron chi connectivity index (χ1n) is 6.77. The van der Waals surface area contributed by atoms with Crippen LogP contribution in [0.15, 0.2) is 82.1 Å². The van der Waals surface area contributed by atoms with E-state index >= 15 is 0 Å². The second-order valence-corrected chi connectivity index (χ2v) is 5.84. The van der Waals surface area contributed by atoms with Crippen molar-refractivity contribution in [1.82, 2.24) is 0 Å². The highest BCUT2D eigenvalue weighted by Crippen LogP contribution is 2.32. The van der Waals surface area contributed by atoms with E-state index < -0.39 is 0 Å². The highest BCUT2D eigenvalue weighted by Gasteiger charge is 2.07. The van der Waals surface area contributed by atoms with Gasteiger partial charge in [0.2, 0.25) is 0 Å². The first-order chi connectivity index (χ1) is 10.4. The monoisotopic (exact) mass is 288 g/mol. The molecule has 3 aromatic rings. The van der Waals surface area contributed by atoms with Crippen molar-refractivity contribution < 1.29 is 0 Å². The number of hydrogen-bond donors (Lipinski definition) is 0. The van der Waals surface area contributed by atoms with E-state index in [0.29, 0.717) is 0 Å². The zero-order chi connectivity index (χ0) is 14.1. The van der Waals surface area contributed by atoms with Gasteiger partial charge in [0.05, 0.1) is 11.4 Å². The maximum absolute atomic E-state index is 4.02. The van der Waals surface area contributed by atoms with Gasteiger partial charge >= 0.3 is 0 Å². The molecule has 0 unspecified atom stereocenters. The van der Waals surface area contributed by atoms with Gasteiger partial charge in [-0.05, 0) is 24.3 Å². The first-order valence-corrected chi connectivity index (χ1v) is 7.59. The van der Waals surface area contributed by atoms with E-state index in [2.05, 4.69) is 58.5 Å². The van der Waals surface area contributed by atoms with Crippen LogP contribution in [0.25, 0.3) is 20.2 Å². The molecule has 2 aromatic carbocycles. The standard InChI is InChI=1S/C12H8S.C6H4N2/c1-3-7-11-9(5-1)10-6-2-4-8-12(10)13-11;1-3-7-6-2-4-8-5(1)6/h1-8H;1-4H. The van der Waals surface area contributed by atoms with Crippen LogP contribution >= 0.6 is 11.3 Å². The Morgan fingerprint density at radius 1 is 0.619 bits per heavy atom. The van der Waals surface area contributed by atoms with Gasteiger partial charge in [0.15, 0.2) is 0 Å². The minimum absolute atomic E-state index is 0.991. The molecule has 100 valence electrons. The Morgan fingerprint density at radius 2 is 1.10 bits per heavy atom. The number of allylic oxidation sites excluding steroid dienone is 2. The van der Waals surface area contributed by atoms with Crippen LogP contribution < -0.4 is 0 Å². The molecule has 0 fully saturated rings. The Labute approximate surface area is 126 Å². The summed E-state index contributed by atoms with van der Waals surface area (Å²) in [5.74, 6) is 0. The summed E-state index contributed by atoms with van der Waals surface area (Å²) in [7, 11) is 0. The average Bonchev–Trinajstić information content (AvgIpc) is 3.21. The lowest BCUT2D eigenvalue weighted by Crippen LogP contribution is -1.66. The normalized spacial score (nSPS) is 14.9. The molecule has 0 N–H and O–H groups in total. The molecule has 0 saturated heterocycles. The SMILES string of the molecule is C1=NC2=CC=NC2=C1.c1ccc2c(c1)sc1ccccc12. The summed E-state index contributed by atoms with van der Waals surface area (Å²) < 4.78 is 2.76. The molecule has 0 saturated carbocycles. The van der Waals surface area contributed by atoms with Gasteiger partial charge in [-0.1, -0.05) is 36.4 Å². The summed E-state index contributed by atoms with van der Waals surface area (Å²) >= 11 is 1.86. The first kappa shape index (κ1) is 12.2. The van der Waals surface area contributed by atoms with Crippen LogP contribution in [0, 0.1) is 0 Å². The van der Waals surface area contributed by atoms with Crippen LogP contribution in [0.3, 0.4) is 0 Å². The summed E-state index contributed by atoms with van der Waals surface area (Å²) in [5, 5.41) is 2.76. The molecule has 0 amide bonds. The fourth-order valence-corrected chi connectivity index (χ4v) is 3.55. The predicted molar refractivity (Wildman–Crippen MR) is 92.5 cm³/mol. The average molecular weight is 288 g/mol. The number of hydrogen-bond acceptors (Lipinski definition) is 3. The van der Waals surface area contributed by atoms with E-state index in [9.17, 15) is 0 Å². The van der Waals surface area contributed by atoms with Crippen molar-refractivity contribution in [3.8, 4) is 0 Å². The van der Waals surface area contributed by atoms with E-state index in [-0.39, 0.29) is 0 Å². The maximum Gasteiger partial charge on any atom is 0.0901 e. The van der Waals surface area contributed by atoms with Gasteiger partial charge in [-0.3, -0.25) is 9.98 Å². The lowest BCUT2D eigenvalue weighted by Gasteiger charge is -1.88. The lowest BCUT2D eigenvalue weighted by molar-refractivity contribution is 1.33. The summed E-state index contributed by atoms with van der Waals surface area (Å²) in [6.45, 7) is 0. The fraction of sp³-hybridized carbons (Fsp3) is 0. The van der Waals surface area contributed by atoms with Gasteiger partial charge in [-0.15, -0.1) is 11.3 Å². The molecule has 2 aliphatic heterocycles. The molecule has 2 aliphatic rings. The number of nitrogens with zero attached hydrogens (tertiary/aromatic N) is 2. The van der Waals surface area contributed by atoms with Crippen LogP contribution in [0.5, 0.6) is 0 Å². The van der Waals surface area contributed by atoms with Crippen molar-refractivity contribution in [3.63, 3.8) is 0 Å². The van der Waals surface area contributed by atoms with Crippen LogP contribution in [-0.2, 0) is 0 Å². The molecule has 3 heterocycles. The van der Waals surface area contributed by atoms with Gasteiger partial charge in [0, 0.05) is 32.6 Å². The molecule has 2 nitrogen and oxygen atoms in total. The zero-order valence-corrected chi connectivity index (χ0v) is 12.0. The Balaban J connectivity index is 0.000000123. The number of thiophene rings is 1. The van der Waals surface area contributed by atoms with Crippen molar-refractivity contribution in [2.75, 3.05) is 0 Å². The van der Waals surface area contributed by atoms with E-state index in [1.54, 1.807) is 12.4 Å². The van der Waals surface area contributed by atoms with Crippen molar-refractivity contribution in [2.45, 2.75) is 0 Å². The molecule has 0 atom stereocenters. The van der Waals surface area contributed by atoms with Crippen molar-refractivity contribution >= 4 is 43.9 Å². The minimum Gasteiger partial charge on any atom is -0.254 e. The quantitative estimate of drug-likeness (QED) is 0.557. The molecule has 0 aliphatic carbocycles. The van der Waals surface area contributed by atoms with Gasteiger partial charge in [-0.2, -0.15) is 0 Å². The molecular formula is C18H12N2S. The third kappa shape index (κ3) is 2.22. The van der Waals surface area contributed by atoms with Crippen molar-refractivity contribution in [2.24, 2.45) is 9.98 Å².